The van der Waals surface area contributed by atoms with Crippen LogP contribution in [-0.4, -0.2) is 29.0 Å². The lowest BCUT2D eigenvalue weighted by Crippen LogP contribution is -2.29. The minimum atomic E-state index is -4.49. The van der Waals surface area contributed by atoms with E-state index in [1.807, 2.05) is 30.5 Å². The van der Waals surface area contributed by atoms with Crippen molar-refractivity contribution in [2.24, 2.45) is 0 Å². The number of amides is 1. The van der Waals surface area contributed by atoms with Gasteiger partial charge in [0.25, 0.3) is 5.91 Å². The predicted molar refractivity (Wildman–Crippen MR) is 110 cm³/mol. The molecular formula is C21H19F3N4OS. The number of anilines is 1. The summed E-state index contributed by atoms with van der Waals surface area (Å²) in [5.74, 6) is 0.227. The van der Waals surface area contributed by atoms with Gasteiger partial charge in [-0.15, -0.1) is 11.8 Å². The number of rotatable bonds is 8. The number of carbonyl (C=O) groups excluding carboxylic acids is 1. The molecular weight excluding hydrogens is 413 g/mol. The molecule has 0 atom stereocenters. The van der Waals surface area contributed by atoms with Crippen LogP contribution in [0.25, 0.3) is 0 Å². The normalized spacial score (nSPS) is 11.2. The Morgan fingerprint density at radius 1 is 1.00 bits per heavy atom. The van der Waals surface area contributed by atoms with Crippen LogP contribution in [0.4, 0.5) is 19.0 Å². The Morgan fingerprint density at radius 3 is 2.47 bits per heavy atom. The molecule has 0 saturated heterocycles. The van der Waals surface area contributed by atoms with E-state index in [2.05, 4.69) is 20.6 Å². The average molecular weight is 432 g/mol. The Kier molecular flexibility index (Phi) is 7.29. The summed E-state index contributed by atoms with van der Waals surface area (Å²) in [6.07, 6.45) is 0.328. The number of nitrogens with zero attached hydrogens (tertiary/aromatic N) is 2. The van der Waals surface area contributed by atoms with Crippen LogP contribution < -0.4 is 10.6 Å². The van der Waals surface area contributed by atoms with Gasteiger partial charge in [-0.25, -0.2) is 4.98 Å². The van der Waals surface area contributed by atoms with Crippen molar-refractivity contribution >= 4 is 23.5 Å². The maximum Gasteiger partial charge on any atom is 0.419 e. The summed E-state index contributed by atoms with van der Waals surface area (Å²) in [4.78, 5) is 21.0. The van der Waals surface area contributed by atoms with Gasteiger partial charge in [-0.05, 0) is 48.0 Å². The summed E-state index contributed by atoms with van der Waals surface area (Å²) in [6, 6.07) is 13.2. The van der Waals surface area contributed by atoms with Crippen molar-refractivity contribution in [1.82, 2.24) is 15.3 Å². The summed E-state index contributed by atoms with van der Waals surface area (Å²) in [6.45, 7) is 0.273. The monoisotopic (exact) mass is 432 g/mol. The van der Waals surface area contributed by atoms with E-state index in [1.54, 1.807) is 30.1 Å². The van der Waals surface area contributed by atoms with Gasteiger partial charge in [-0.3, -0.25) is 9.78 Å². The Balaban J connectivity index is 1.45. The van der Waals surface area contributed by atoms with Gasteiger partial charge in [0.05, 0.1) is 5.56 Å². The first kappa shape index (κ1) is 21.6. The second-order valence-electron chi connectivity index (χ2n) is 6.25. The molecule has 5 nitrogen and oxygen atoms in total. The molecule has 0 fully saturated rings. The first-order chi connectivity index (χ1) is 14.4. The highest BCUT2D eigenvalue weighted by molar-refractivity contribution is 7.98. The summed E-state index contributed by atoms with van der Waals surface area (Å²) in [7, 11) is 0. The average Bonchev–Trinajstić information content (AvgIpc) is 2.76. The van der Waals surface area contributed by atoms with Crippen LogP contribution in [0.1, 0.15) is 21.5 Å². The van der Waals surface area contributed by atoms with Crippen molar-refractivity contribution < 1.29 is 18.0 Å². The van der Waals surface area contributed by atoms with E-state index in [-0.39, 0.29) is 24.8 Å². The lowest BCUT2D eigenvalue weighted by atomic mass is 10.2. The molecule has 2 N–H and O–H groups in total. The quantitative estimate of drug-likeness (QED) is 0.401. The van der Waals surface area contributed by atoms with E-state index in [0.29, 0.717) is 5.56 Å². The largest absolute Gasteiger partial charge is 0.419 e. The topological polar surface area (TPSA) is 66.9 Å². The van der Waals surface area contributed by atoms with E-state index in [1.165, 1.54) is 12.3 Å². The first-order valence-electron chi connectivity index (χ1n) is 9.09. The third-order valence-electron chi connectivity index (χ3n) is 4.06. The molecule has 3 aromatic rings. The van der Waals surface area contributed by atoms with Gasteiger partial charge in [0.1, 0.15) is 5.82 Å². The van der Waals surface area contributed by atoms with E-state index < -0.39 is 11.7 Å². The Labute approximate surface area is 176 Å². The molecule has 9 heteroatoms. The van der Waals surface area contributed by atoms with Crippen molar-refractivity contribution in [1.29, 1.82) is 0 Å². The van der Waals surface area contributed by atoms with Crippen molar-refractivity contribution in [2.75, 3.05) is 18.4 Å². The summed E-state index contributed by atoms with van der Waals surface area (Å²) >= 11 is 1.64. The van der Waals surface area contributed by atoms with Crippen LogP contribution in [0.3, 0.4) is 0 Å². The van der Waals surface area contributed by atoms with E-state index in [9.17, 15) is 18.0 Å². The van der Waals surface area contributed by atoms with E-state index in [4.69, 9.17) is 0 Å². The molecule has 0 radical (unpaired) electrons. The molecule has 1 amide bonds. The Bertz CT molecular complexity index is 966. The Hall–Kier alpha value is -3.07. The van der Waals surface area contributed by atoms with Crippen LogP contribution in [0, 0.1) is 0 Å². The third-order valence-corrected chi connectivity index (χ3v) is 5.14. The van der Waals surface area contributed by atoms with Gasteiger partial charge >= 0.3 is 6.18 Å². The molecule has 0 aliphatic carbocycles. The zero-order chi connectivity index (χ0) is 21.4. The smallest absolute Gasteiger partial charge is 0.368 e. The Morgan fingerprint density at radius 2 is 1.77 bits per heavy atom. The molecule has 0 bridgehead atoms. The lowest BCUT2D eigenvalue weighted by molar-refractivity contribution is -0.137. The van der Waals surface area contributed by atoms with Gasteiger partial charge in [-0.1, -0.05) is 6.07 Å². The van der Waals surface area contributed by atoms with E-state index in [0.717, 1.165) is 22.3 Å². The maximum absolute atomic E-state index is 12.9. The maximum atomic E-state index is 12.9. The highest BCUT2D eigenvalue weighted by Crippen LogP contribution is 2.33. The zero-order valence-electron chi connectivity index (χ0n) is 15.8. The number of nitrogens with one attached hydrogen (secondary N) is 2. The van der Waals surface area contributed by atoms with Crippen LogP contribution in [0.2, 0.25) is 0 Å². The number of pyridine rings is 2. The standard InChI is InChI=1S/C21H19F3N4OS/c22-21(23,24)18-4-2-10-26-19(18)27-11-12-28-20(29)16-5-7-17(8-6-16)30-14-15-3-1-9-25-13-15/h1-10,13H,11-12,14H2,(H,26,27)(H,28,29). The molecule has 0 unspecified atom stereocenters. The molecule has 0 saturated carbocycles. The molecule has 2 heterocycles. The number of benzene rings is 1. The minimum Gasteiger partial charge on any atom is -0.368 e. The number of hydrogen-bond acceptors (Lipinski definition) is 5. The summed E-state index contributed by atoms with van der Waals surface area (Å²) in [5.41, 5.74) is 0.753. The molecule has 3 rings (SSSR count). The zero-order valence-corrected chi connectivity index (χ0v) is 16.6. The van der Waals surface area contributed by atoms with Gasteiger partial charge in [-0.2, -0.15) is 13.2 Å². The SMILES string of the molecule is O=C(NCCNc1ncccc1C(F)(F)F)c1ccc(SCc2cccnc2)cc1. The highest BCUT2D eigenvalue weighted by Gasteiger charge is 2.33. The van der Waals surface area contributed by atoms with E-state index >= 15 is 0 Å². The highest BCUT2D eigenvalue weighted by atomic mass is 32.2. The minimum absolute atomic E-state index is 0.116. The third kappa shape index (κ3) is 6.21. The number of alkyl halides is 3. The number of aromatic nitrogens is 2. The molecule has 156 valence electrons. The molecule has 0 aliphatic rings. The molecule has 1 aromatic carbocycles. The molecule has 0 spiro atoms. The van der Waals surface area contributed by atoms with Gasteiger partial charge in [0, 0.05) is 47.9 Å². The fraction of sp³-hybridized carbons (Fsp3) is 0.190. The predicted octanol–water partition coefficient (Wildman–Crippen LogP) is 4.63. The molecule has 0 aliphatic heterocycles. The van der Waals surface area contributed by atoms with Gasteiger partial charge < -0.3 is 10.6 Å². The van der Waals surface area contributed by atoms with Crippen LogP contribution in [0.15, 0.2) is 72.0 Å². The second-order valence-corrected chi connectivity index (χ2v) is 7.30. The fourth-order valence-corrected chi connectivity index (χ4v) is 3.42. The van der Waals surface area contributed by atoms with Gasteiger partial charge in [0.2, 0.25) is 0 Å². The van der Waals surface area contributed by atoms with Crippen LogP contribution in [-0.2, 0) is 11.9 Å². The number of hydrogen-bond donors (Lipinski definition) is 2. The van der Waals surface area contributed by atoms with Crippen LogP contribution >= 0.6 is 11.8 Å². The first-order valence-corrected chi connectivity index (χ1v) is 10.1. The lowest BCUT2D eigenvalue weighted by Gasteiger charge is -2.13. The van der Waals surface area contributed by atoms with Crippen molar-refractivity contribution in [3.63, 3.8) is 0 Å². The van der Waals surface area contributed by atoms with Crippen molar-refractivity contribution in [3.05, 3.63) is 83.8 Å². The summed E-state index contributed by atoms with van der Waals surface area (Å²) < 4.78 is 38.8. The molecule has 30 heavy (non-hydrogen) atoms. The number of halogens is 3. The van der Waals surface area contributed by atoms with Crippen molar-refractivity contribution in [3.8, 4) is 0 Å². The second kappa shape index (κ2) is 10.1. The van der Waals surface area contributed by atoms with Crippen LogP contribution in [0.5, 0.6) is 0 Å². The number of thioether (sulfide) groups is 1. The molecule has 2 aromatic heterocycles. The summed E-state index contributed by atoms with van der Waals surface area (Å²) in [5, 5.41) is 5.29. The number of carbonyl (C=O) groups is 1. The van der Waals surface area contributed by atoms with Gasteiger partial charge in [0.15, 0.2) is 0 Å². The van der Waals surface area contributed by atoms with Crippen molar-refractivity contribution in [2.45, 2.75) is 16.8 Å². The fourth-order valence-electron chi connectivity index (χ4n) is 2.59.